The van der Waals surface area contributed by atoms with Gasteiger partial charge in [0.25, 0.3) is 5.91 Å². The average Bonchev–Trinajstić information content (AvgIpc) is 2.93. The van der Waals surface area contributed by atoms with Crippen molar-refractivity contribution < 1.29 is 19.4 Å². The predicted molar refractivity (Wildman–Crippen MR) is 76.8 cm³/mol. The minimum atomic E-state index is -0.867. The highest BCUT2D eigenvalue weighted by Crippen LogP contribution is 2.40. The summed E-state index contributed by atoms with van der Waals surface area (Å²) in [7, 11) is 0. The molecule has 2 saturated heterocycles. The lowest BCUT2D eigenvalue weighted by Gasteiger charge is -2.49. The van der Waals surface area contributed by atoms with Crippen LogP contribution in [-0.2, 0) is 14.3 Å². The maximum atomic E-state index is 13.0. The van der Waals surface area contributed by atoms with Crippen molar-refractivity contribution in [2.75, 3.05) is 6.61 Å². The number of aliphatic carboxylic acids is 1. The summed E-state index contributed by atoms with van der Waals surface area (Å²) in [5.74, 6) is -0.485. The molecule has 4 unspecified atom stereocenters. The number of piperidine rings is 1. The lowest BCUT2D eigenvalue weighted by atomic mass is 9.75. The van der Waals surface area contributed by atoms with Gasteiger partial charge in [0, 0.05) is 12.6 Å². The van der Waals surface area contributed by atoms with Crippen LogP contribution in [0.15, 0.2) is 0 Å². The van der Waals surface area contributed by atoms with E-state index in [1.807, 2.05) is 6.92 Å². The minimum Gasteiger partial charge on any atom is -0.480 e. The summed E-state index contributed by atoms with van der Waals surface area (Å²) in [5.41, 5.74) is -0.812. The van der Waals surface area contributed by atoms with Gasteiger partial charge in [0.15, 0.2) is 0 Å². The third-order valence-corrected chi connectivity index (χ3v) is 5.56. The number of carboxylic acid groups (broad SMARTS) is 1. The van der Waals surface area contributed by atoms with Gasteiger partial charge in [0.05, 0.1) is 0 Å². The Kier molecular flexibility index (Phi) is 3.95. The zero-order valence-electron chi connectivity index (χ0n) is 12.7. The van der Waals surface area contributed by atoms with Crippen LogP contribution in [0.2, 0.25) is 0 Å². The fraction of sp³-hybridized carbons (Fsp3) is 0.875. The van der Waals surface area contributed by atoms with E-state index in [-0.39, 0.29) is 11.9 Å². The summed E-state index contributed by atoms with van der Waals surface area (Å²) in [5, 5.41) is 9.54. The molecule has 3 aliphatic rings. The summed E-state index contributed by atoms with van der Waals surface area (Å²) in [6, 6.07) is -0.569. The van der Waals surface area contributed by atoms with Gasteiger partial charge >= 0.3 is 5.97 Å². The van der Waals surface area contributed by atoms with Crippen LogP contribution in [-0.4, -0.2) is 46.2 Å². The number of carbonyl (C=O) groups is 2. The van der Waals surface area contributed by atoms with E-state index in [2.05, 4.69) is 0 Å². The van der Waals surface area contributed by atoms with Crippen molar-refractivity contribution in [2.24, 2.45) is 5.92 Å². The number of likely N-dealkylation sites (tertiary alicyclic amines) is 1. The molecular weight excluding hydrogens is 270 g/mol. The standard InChI is InChI=1S/C16H25NO4/c1-16(9-4-10-21-16)15(20)17-12-6-3-2-5-11(12)7-8-13(17)14(18)19/h11-13H,2-10H2,1H3,(H,18,19). The number of carbonyl (C=O) groups excluding carboxylic acids is 1. The third-order valence-electron chi connectivity index (χ3n) is 5.56. The number of amides is 1. The second kappa shape index (κ2) is 5.59. The van der Waals surface area contributed by atoms with E-state index in [9.17, 15) is 14.7 Å². The Balaban J connectivity index is 1.88. The van der Waals surface area contributed by atoms with Crippen molar-refractivity contribution in [1.82, 2.24) is 4.90 Å². The minimum absolute atomic E-state index is 0.0935. The van der Waals surface area contributed by atoms with Crippen molar-refractivity contribution in [3.8, 4) is 0 Å². The molecule has 4 atom stereocenters. The van der Waals surface area contributed by atoms with Gasteiger partial charge < -0.3 is 14.7 Å². The van der Waals surface area contributed by atoms with E-state index in [0.717, 1.165) is 32.1 Å². The molecule has 5 heteroatoms. The number of fused-ring (bicyclic) bond motifs is 1. The van der Waals surface area contributed by atoms with E-state index in [4.69, 9.17) is 4.74 Å². The van der Waals surface area contributed by atoms with Crippen LogP contribution in [0.3, 0.4) is 0 Å². The molecule has 3 rings (SSSR count). The molecule has 3 fully saturated rings. The highest BCUT2D eigenvalue weighted by Gasteiger charge is 2.50. The number of hydrogen-bond acceptors (Lipinski definition) is 3. The van der Waals surface area contributed by atoms with Crippen molar-refractivity contribution in [3.05, 3.63) is 0 Å². The first-order valence-corrected chi connectivity index (χ1v) is 8.22. The summed E-state index contributed by atoms with van der Waals surface area (Å²) in [4.78, 5) is 26.4. The molecule has 1 N–H and O–H groups in total. The normalized spacial score (nSPS) is 39.9. The van der Waals surface area contributed by atoms with Gasteiger partial charge in [-0.15, -0.1) is 0 Å². The number of hydrogen-bond donors (Lipinski definition) is 1. The first-order valence-electron chi connectivity index (χ1n) is 8.22. The Bertz CT molecular complexity index is 430. The second-order valence-corrected chi connectivity index (χ2v) is 6.94. The van der Waals surface area contributed by atoms with Crippen LogP contribution < -0.4 is 0 Å². The molecule has 0 aromatic heterocycles. The van der Waals surface area contributed by atoms with Crippen molar-refractivity contribution >= 4 is 11.9 Å². The zero-order valence-corrected chi connectivity index (χ0v) is 12.7. The van der Waals surface area contributed by atoms with Crippen LogP contribution in [0, 0.1) is 5.92 Å². The number of rotatable bonds is 2. The molecule has 0 radical (unpaired) electrons. The Labute approximate surface area is 125 Å². The fourth-order valence-electron chi connectivity index (χ4n) is 4.39. The first kappa shape index (κ1) is 14.8. The molecule has 0 aromatic carbocycles. The van der Waals surface area contributed by atoms with Gasteiger partial charge in [-0.1, -0.05) is 12.8 Å². The Morgan fingerprint density at radius 3 is 2.57 bits per heavy atom. The lowest BCUT2D eigenvalue weighted by Crippen LogP contribution is -2.62. The predicted octanol–water partition coefficient (Wildman–Crippen LogP) is 2.19. The molecule has 1 amide bonds. The van der Waals surface area contributed by atoms with Crippen molar-refractivity contribution in [1.29, 1.82) is 0 Å². The van der Waals surface area contributed by atoms with Gasteiger partial charge in [-0.3, -0.25) is 4.79 Å². The largest absolute Gasteiger partial charge is 0.480 e. The van der Waals surface area contributed by atoms with E-state index in [1.54, 1.807) is 4.90 Å². The molecule has 1 saturated carbocycles. The van der Waals surface area contributed by atoms with E-state index < -0.39 is 17.6 Å². The van der Waals surface area contributed by atoms with Gasteiger partial charge in [0.1, 0.15) is 11.6 Å². The van der Waals surface area contributed by atoms with Gasteiger partial charge in [-0.25, -0.2) is 4.79 Å². The summed E-state index contributed by atoms with van der Waals surface area (Å²) >= 11 is 0. The lowest BCUT2D eigenvalue weighted by molar-refractivity contribution is -0.170. The first-order chi connectivity index (χ1) is 10.0. The second-order valence-electron chi connectivity index (χ2n) is 6.94. The van der Waals surface area contributed by atoms with Crippen LogP contribution in [0.1, 0.15) is 58.3 Å². The number of nitrogens with zero attached hydrogens (tertiary/aromatic N) is 1. The Hall–Kier alpha value is -1.10. The molecule has 2 aliphatic heterocycles. The van der Waals surface area contributed by atoms with Gasteiger partial charge in [-0.2, -0.15) is 0 Å². The third kappa shape index (κ3) is 2.56. The van der Waals surface area contributed by atoms with Crippen molar-refractivity contribution in [2.45, 2.75) is 76.0 Å². The molecule has 5 nitrogen and oxygen atoms in total. The molecule has 118 valence electrons. The molecule has 21 heavy (non-hydrogen) atoms. The number of ether oxygens (including phenoxy) is 1. The maximum absolute atomic E-state index is 13.0. The molecule has 0 aromatic rings. The molecule has 1 aliphatic carbocycles. The highest BCUT2D eigenvalue weighted by molar-refractivity contribution is 5.90. The Morgan fingerprint density at radius 1 is 1.14 bits per heavy atom. The molecule has 2 heterocycles. The Morgan fingerprint density at radius 2 is 1.90 bits per heavy atom. The van der Waals surface area contributed by atoms with Crippen LogP contribution in [0.5, 0.6) is 0 Å². The molecule has 0 bridgehead atoms. The van der Waals surface area contributed by atoms with E-state index in [1.165, 1.54) is 6.42 Å². The molecular formula is C16H25NO4. The summed E-state index contributed by atoms with van der Waals surface area (Å²) in [6.07, 6.45) is 7.45. The van der Waals surface area contributed by atoms with Gasteiger partial charge in [-0.05, 0) is 51.4 Å². The monoisotopic (exact) mass is 295 g/mol. The summed E-state index contributed by atoms with van der Waals surface area (Å²) < 4.78 is 5.68. The number of carboxylic acids is 1. The maximum Gasteiger partial charge on any atom is 0.326 e. The van der Waals surface area contributed by atoms with Gasteiger partial charge in [0.2, 0.25) is 0 Å². The quantitative estimate of drug-likeness (QED) is 0.848. The SMILES string of the molecule is CC1(C(=O)N2C(C(=O)O)CCC3CCCCC32)CCCO1. The topological polar surface area (TPSA) is 66.8 Å². The fourth-order valence-corrected chi connectivity index (χ4v) is 4.39. The average molecular weight is 295 g/mol. The van der Waals surface area contributed by atoms with E-state index >= 15 is 0 Å². The molecule has 0 spiro atoms. The van der Waals surface area contributed by atoms with Crippen LogP contribution in [0.25, 0.3) is 0 Å². The van der Waals surface area contributed by atoms with Crippen LogP contribution in [0.4, 0.5) is 0 Å². The summed E-state index contributed by atoms with van der Waals surface area (Å²) in [6.45, 7) is 2.43. The van der Waals surface area contributed by atoms with Crippen LogP contribution >= 0.6 is 0 Å². The zero-order chi connectivity index (χ0) is 15.0. The van der Waals surface area contributed by atoms with Crippen molar-refractivity contribution in [3.63, 3.8) is 0 Å². The van der Waals surface area contributed by atoms with E-state index in [0.29, 0.717) is 25.4 Å². The highest BCUT2D eigenvalue weighted by atomic mass is 16.5. The smallest absolute Gasteiger partial charge is 0.326 e.